The monoisotopic (exact) mass is 318 g/mol. The van der Waals surface area contributed by atoms with Gasteiger partial charge in [0.15, 0.2) is 0 Å². The molecule has 24 heavy (non-hydrogen) atoms. The predicted octanol–water partition coefficient (Wildman–Crippen LogP) is 4.05. The summed E-state index contributed by atoms with van der Waals surface area (Å²) < 4.78 is 4.97. The van der Waals surface area contributed by atoms with Crippen LogP contribution in [0.1, 0.15) is 0 Å². The van der Waals surface area contributed by atoms with Gasteiger partial charge in [0, 0.05) is 17.7 Å². The standard InChI is InChI=1S/C19H14N2O3/c22-19(23)24-17-12-18(20-15-9-3-2-8-14(15)17)21-11-5-7-13-6-1-4-10-16(13)21/h1-12,16H,(H,22,23). The largest absolute Gasteiger partial charge is 0.511 e. The van der Waals surface area contributed by atoms with Crippen molar-refractivity contribution in [3.8, 4) is 5.75 Å². The van der Waals surface area contributed by atoms with Crippen molar-refractivity contribution in [1.29, 1.82) is 0 Å². The number of nitrogens with zero attached hydrogens (tertiary/aromatic N) is 2. The lowest BCUT2D eigenvalue weighted by Crippen LogP contribution is -2.33. The van der Waals surface area contributed by atoms with Crippen molar-refractivity contribution in [2.24, 2.45) is 0 Å². The molecule has 1 unspecified atom stereocenters. The second kappa shape index (κ2) is 5.70. The van der Waals surface area contributed by atoms with Crippen LogP contribution < -0.4 is 9.64 Å². The van der Waals surface area contributed by atoms with E-state index in [1.807, 2.05) is 47.5 Å². The highest BCUT2D eigenvalue weighted by Gasteiger charge is 2.23. The van der Waals surface area contributed by atoms with E-state index in [2.05, 4.69) is 23.2 Å². The Morgan fingerprint density at radius 3 is 2.96 bits per heavy atom. The summed E-state index contributed by atoms with van der Waals surface area (Å²) in [4.78, 5) is 17.7. The second-order valence-electron chi connectivity index (χ2n) is 5.47. The van der Waals surface area contributed by atoms with Crippen molar-refractivity contribution < 1.29 is 14.6 Å². The smallest absolute Gasteiger partial charge is 0.449 e. The number of ether oxygens (including phenoxy) is 1. The number of fused-ring (bicyclic) bond motifs is 2. The first kappa shape index (κ1) is 14.3. The van der Waals surface area contributed by atoms with Crippen LogP contribution in [-0.4, -0.2) is 22.3 Å². The molecule has 1 atom stereocenters. The van der Waals surface area contributed by atoms with Gasteiger partial charge in [-0.15, -0.1) is 0 Å². The number of rotatable bonds is 2. The van der Waals surface area contributed by atoms with Crippen LogP contribution in [0.15, 0.2) is 78.6 Å². The Bertz CT molecular complexity index is 941. The molecule has 1 aromatic heterocycles. The van der Waals surface area contributed by atoms with Gasteiger partial charge in [-0.1, -0.05) is 42.5 Å². The Labute approximate surface area is 138 Å². The van der Waals surface area contributed by atoms with Gasteiger partial charge in [0.05, 0.1) is 11.6 Å². The Morgan fingerprint density at radius 2 is 2.08 bits per heavy atom. The third-order valence-corrected chi connectivity index (χ3v) is 4.00. The van der Waals surface area contributed by atoms with E-state index in [0.29, 0.717) is 16.7 Å². The van der Waals surface area contributed by atoms with Crippen molar-refractivity contribution in [3.63, 3.8) is 0 Å². The van der Waals surface area contributed by atoms with E-state index < -0.39 is 6.16 Å². The molecule has 5 heteroatoms. The summed E-state index contributed by atoms with van der Waals surface area (Å²) in [7, 11) is 0. The zero-order chi connectivity index (χ0) is 16.5. The van der Waals surface area contributed by atoms with Crippen LogP contribution in [0.25, 0.3) is 10.9 Å². The fourth-order valence-corrected chi connectivity index (χ4v) is 2.95. The van der Waals surface area contributed by atoms with Crippen LogP contribution in [0.3, 0.4) is 0 Å². The lowest BCUT2D eigenvalue weighted by molar-refractivity contribution is 0.145. The average Bonchev–Trinajstić information content (AvgIpc) is 2.60. The quantitative estimate of drug-likeness (QED) is 0.847. The van der Waals surface area contributed by atoms with E-state index in [1.54, 1.807) is 12.1 Å². The topological polar surface area (TPSA) is 62.7 Å². The molecule has 4 rings (SSSR count). The summed E-state index contributed by atoms with van der Waals surface area (Å²) in [5, 5.41) is 9.68. The lowest BCUT2D eigenvalue weighted by atomic mass is 9.98. The van der Waals surface area contributed by atoms with Crippen molar-refractivity contribution in [1.82, 2.24) is 4.98 Å². The van der Waals surface area contributed by atoms with Crippen LogP contribution in [0, 0.1) is 0 Å². The molecule has 2 heterocycles. The summed E-state index contributed by atoms with van der Waals surface area (Å²) in [5.74, 6) is 0.916. The summed E-state index contributed by atoms with van der Waals surface area (Å²) in [6.07, 6.45) is 12.7. The average molecular weight is 318 g/mol. The van der Waals surface area contributed by atoms with Crippen molar-refractivity contribution >= 4 is 22.9 Å². The Morgan fingerprint density at radius 1 is 1.21 bits per heavy atom. The van der Waals surface area contributed by atoms with Crippen LogP contribution >= 0.6 is 0 Å². The number of allylic oxidation sites excluding steroid dienone is 4. The highest BCUT2D eigenvalue weighted by molar-refractivity contribution is 5.89. The highest BCUT2D eigenvalue weighted by Crippen LogP contribution is 2.33. The molecule has 5 nitrogen and oxygen atoms in total. The van der Waals surface area contributed by atoms with Gasteiger partial charge in [-0.2, -0.15) is 0 Å². The molecule has 1 aliphatic heterocycles. The maximum absolute atomic E-state index is 11.0. The van der Waals surface area contributed by atoms with Gasteiger partial charge < -0.3 is 14.7 Å². The number of carboxylic acid groups (broad SMARTS) is 1. The minimum atomic E-state index is -1.34. The number of pyridine rings is 1. The number of benzene rings is 1. The molecule has 0 fully saturated rings. The van der Waals surface area contributed by atoms with Crippen LogP contribution in [0.2, 0.25) is 0 Å². The number of hydrogen-bond donors (Lipinski definition) is 1. The third-order valence-electron chi connectivity index (χ3n) is 4.00. The maximum Gasteiger partial charge on any atom is 0.511 e. The number of anilines is 1. The molecule has 0 saturated heterocycles. The molecular formula is C19H14N2O3. The minimum absolute atomic E-state index is 0.0336. The van der Waals surface area contributed by atoms with Crippen LogP contribution in [0.4, 0.5) is 10.6 Å². The van der Waals surface area contributed by atoms with Crippen LogP contribution in [-0.2, 0) is 0 Å². The first-order valence-corrected chi connectivity index (χ1v) is 7.54. The predicted molar refractivity (Wildman–Crippen MR) is 92.2 cm³/mol. The Kier molecular flexibility index (Phi) is 3.39. The first-order valence-electron chi connectivity index (χ1n) is 7.54. The van der Waals surface area contributed by atoms with Gasteiger partial charge in [-0.05, 0) is 23.8 Å². The van der Waals surface area contributed by atoms with Crippen molar-refractivity contribution in [2.45, 2.75) is 6.04 Å². The summed E-state index contributed by atoms with van der Waals surface area (Å²) >= 11 is 0. The van der Waals surface area contributed by atoms with E-state index in [0.717, 1.165) is 5.57 Å². The van der Waals surface area contributed by atoms with Gasteiger partial charge in [0.25, 0.3) is 0 Å². The molecule has 0 bridgehead atoms. The fourth-order valence-electron chi connectivity index (χ4n) is 2.95. The number of para-hydroxylation sites is 1. The zero-order valence-electron chi connectivity index (χ0n) is 12.7. The highest BCUT2D eigenvalue weighted by atomic mass is 16.7. The number of aromatic nitrogens is 1. The lowest BCUT2D eigenvalue weighted by Gasteiger charge is -2.32. The van der Waals surface area contributed by atoms with Crippen molar-refractivity contribution in [3.05, 3.63) is 78.6 Å². The van der Waals surface area contributed by atoms with Gasteiger partial charge in [-0.3, -0.25) is 0 Å². The summed E-state index contributed by atoms with van der Waals surface area (Å²) in [6, 6.07) is 9.03. The molecule has 1 N–H and O–H groups in total. The van der Waals surface area contributed by atoms with Crippen molar-refractivity contribution in [2.75, 3.05) is 4.90 Å². The number of carbonyl (C=O) groups is 1. The van der Waals surface area contributed by atoms with Gasteiger partial charge >= 0.3 is 6.16 Å². The van der Waals surface area contributed by atoms with Gasteiger partial charge in [-0.25, -0.2) is 9.78 Å². The molecular weight excluding hydrogens is 304 g/mol. The first-order chi connectivity index (χ1) is 11.7. The molecule has 0 radical (unpaired) electrons. The van der Waals surface area contributed by atoms with E-state index in [4.69, 9.17) is 9.84 Å². The zero-order valence-corrected chi connectivity index (χ0v) is 12.7. The van der Waals surface area contributed by atoms with Gasteiger partial charge in [0.2, 0.25) is 0 Å². The molecule has 2 aliphatic rings. The van der Waals surface area contributed by atoms with E-state index in [1.165, 1.54) is 0 Å². The van der Waals surface area contributed by atoms with Crippen LogP contribution in [0.5, 0.6) is 5.75 Å². The molecule has 1 aliphatic carbocycles. The number of hydrogen-bond acceptors (Lipinski definition) is 4. The molecule has 0 spiro atoms. The molecule has 1 aromatic carbocycles. The SMILES string of the molecule is O=C(O)Oc1cc(N2C=CC=C3C=CC=CC32)nc2ccccc12. The minimum Gasteiger partial charge on any atom is -0.449 e. The fraction of sp³-hybridized carbons (Fsp3) is 0.0526. The summed E-state index contributed by atoms with van der Waals surface area (Å²) in [5.41, 5.74) is 1.83. The van der Waals surface area contributed by atoms with Gasteiger partial charge in [0.1, 0.15) is 11.6 Å². The Balaban J connectivity index is 1.83. The van der Waals surface area contributed by atoms with E-state index >= 15 is 0 Å². The summed E-state index contributed by atoms with van der Waals surface area (Å²) in [6.45, 7) is 0. The van der Waals surface area contributed by atoms with E-state index in [9.17, 15) is 4.79 Å². The maximum atomic E-state index is 11.0. The molecule has 0 saturated carbocycles. The molecule has 118 valence electrons. The second-order valence-corrected chi connectivity index (χ2v) is 5.47. The normalized spacial score (nSPS) is 18.4. The molecule has 2 aromatic rings. The Hall–Kier alpha value is -3.34. The van der Waals surface area contributed by atoms with E-state index in [-0.39, 0.29) is 11.8 Å². The third kappa shape index (κ3) is 2.46. The molecule has 0 amide bonds.